The maximum atomic E-state index is 6.73. The lowest BCUT2D eigenvalue weighted by molar-refractivity contribution is 0.116. The second kappa shape index (κ2) is 9.89. The monoisotopic (exact) mass is 440 g/mol. The van der Waals surface area contributed by atoms with Gasteiger partial charge in [0.1, 0.15) is 6.10 Å². The lowest BCUT2D eigenvalue weighted by atomic mass is 10.5. The van der Waals surface area contributed by atoms with E-state index in [4.69, 9.17) is 21.8 Å². The Bertz CT molecular complexity index is 397. The Morgan fingerprint density at radius 3 is 2.00 bits per heavy atom. The fourth-order valence-corrected chi connectivity index (χ4v) is 24.1. The molecule has 1 saturated heterocycles. The topological polar surface area (TPSA) is 49.5 Å². The predicted octanol–water partition coefficient (Wildman–Crippen LogP) is 3.37. The molecule has 25 heavy (non-hydrogen) atoms. The van der Waals surface area contributed by atoms with E-state index in [-0.39, 0.29) is 0 Å². The van der Waals surface area contributed by atoms with Crippen molar-refractivity contribution >= 4 is 42.3 Å². The van der Waals surface area contributed by atoms with Crippen molar-refractivity contribution in [3.8, 4) is 0 Å². The standard InChI is InChI=1S/C15H40O5Si5/c1-21(19-23(3,4)5)18-22(2)20-25(9,24(6,7)8)12-10-11-16-13-15-14-17-15/h15,21-22H,10-14H2,1-9H3. The Morgan fingerprint density at radius 1 is 0.960 bits per heavy atom. The SMILES string of the molecule is C[SiH](O[SiH](C)O[Si](C)(CCCOCC1CO1)[Si](C)(C)C)O[Si](C)(C)C. The molecule has 5 nitrogen and oxygen atoms in total. The lowest BCUT2D eigenvalue weighted by Gasteiger charge is -2.41. The fourth-order valence-electron chi connectivity index (χ4n) is 2.69. The zero-order valence-electron chi connectivity index (χ0n) is 17.8. The van der Waals surface area contributed by atoms with Gasteiger partial charge in [-0.15, -0.1) is 0 Å². The molecule has 0 N–H and O–H groups in total. The van der Waals surface area contributed by atoms with Gasteiger partial charge in [0, 0.05) is 6.61 Å². The average Bonchev–Trinajstić information content (AvgIpc) is 3.18. The molecule has 150 valence electrons. The highest BCUT2D eigenvalue weighted by atomic mass is 29.3. The van der Waals surface area contributed by atoms with Crippen LogP contribution in [-0.4, -0.2) is 68.2 Å². The van der Waals surface area contributed by atoms with Crippen molar-refractivity contribution < 1.29 is 21.8 Å². The van der Waals surface area contributed by atoms with E-state index in [0.29, 0.717) is 6.10 Å². The van der Waals surface area contributed by atoms with E-state index >= 15 is 0 Å². The first-order valence-corrected chi connectivity index (χ1v) is 24.2. The Hall–Kier alpha value is 0.884. The highest BCUT2D eigenvalue weighted by Crippen LogP contribution is 2.27. The highest BCUT2D eigenvalue weighted by molar-refractivity contribution is 7.39. The van der Waals surface area contributed by atoms with Crippen LogP contribution in [0, 0.1) is 0 Å². The van der Waals surface area contributed by atoms with Crippen LogP contribution in [0.15, 0.2) is 0 Å². The Labute approximate surface area is 161 Å². The van der Waals surface area contributed by atoms with Crippen LogP contribution in [0.5, 0.6) is 0 Å². The third kappa shape index (κ3) is 10.1. The van der Waals surface area contributed by atoms with Crippen molar-refractivity contribution in [2.75, 3.05) is 19.8 Å². The molecule has 4 unspecified atom stereocenters. The van der Waals surface area contributed by atoms with Gasteiger partial charge in [-0.2, -0.15) is 0 Å². The fraction of sp³-hybridized carbons (Fsp3) is 1.00. The molecule has 1 aliphatic rings. The zero-order valence-corrected chi connectivity index (χ0v) is 23.1. The summed E-state index contributed by atoms with van der Waals surface area (Å²) in [5, 5.41) is 0. The molecule has 0 aliphatic carbocycles. The molecule has 1 fully saturated rings. The average molecular weight is 441 g/mol. The van der Waals surface area contributed by atoms with E-state index in [9.17, 15) is 0 Å². The maximum Gasteiger partial charge on any atom is 0.298 e. The first kappa shape index (κ1) is 23.9. The van der Waals surface area contributed by atoms with Crippen molar-refractivity contribution in [2.24, 2.45) is 0 Å². The maximum absolute atomic E-state index is 6.73. The minimum atomic E-state index is -1.76. The Kier molecular flexibility index (Phi) is 9.46. The van der Waals surface area contributed by atoms with Crippen molar-refractivity contribution in [1.29, 1.82) is 0 Å². The van der Waals surface area contributed by atoms with Crippen molar-refractivity contribution in [3.05, 3.63) is 0 Å². The molecule has 0 saturated carbocycles. The van der Waals surface area contributed by atoms with Crippen LogP contribution in [0.4, 0.5) is 0 Å². The Balaban J connectivity index is 2.46. The number of epoxide rings is 1. The summed E-state index contributed by atoms with van der Waals surface area (Å²) in [6.07, 6.45) is 1.44. The molecule has 0 amide bonds. The van der Waals surface area contributed by atoms with E-state index in [1.165, 1.54) is 6.04 Å². The van der Waals surface area contributed by atoms with Crippen LogP contribution < -0.4 is 0 Å². The van der Waals surface area contributed by atoms with Crippen LogP contribution in [-0.2, 0) is 21.8 Å². The van der Waals surface area contributed by atoms with Crippen LogP contribution in [0.1, 0.15) is 6.42 Å². The van der Waals surface area contributed by atoms with Gasteiger partial charge in [-0.1, -0.05) is 19.6 Å². The zero-order chi connectivity index (χ0) is 19.3. The molecule has 1 aliphatic heterocycles. The molecule has 0 bridgehead atoms. The van der Waals surface area contributed by atoms with E-state index in [2.05, 4.69) is 58.9 Å². The first-order chi connectivity index (χ1) is 11.3. The summed E-state index contributed by atoms with van der Waals surface area (Å²) >= 11 is 0. The van der Waals surface area contributed by atoms with Gasteiger partial charge in [0.05, 0.1) is 20.8 Å². The lowest BCUT2D eigenvalue weighted by Crippen LogP contribution is -2.60. The number of rotatable bonds is 13. The number of hydrogen-bond acceptors (Lipinski definition) is 5. The van der Waals surface area contributed by atoms with Crippen LogP contribution in [0.2, 0.25) is 65.0 Å². The molecular weight excluding hydrogens is 401 g/mol. The quantitative estimate of drug-likeness (QED) is 0.250. The summed E-state index contributed by atoms with van der Waals surface area (Å²) < 4.78 is 30.1. The molecule has 0 aromatic carbocycles. The number of hydrogen-bond donors (Lipinski definition) is 0. The molecule has 0 aromatic heterocycles. The second-order valence-corrected chi connectivity index (χ2v) is 33.8. The Morgan fingerprint density at radius 2 is 1.52 bits per heavy atom. The van der Waals surface area contributed by atoms with Gasteiger partial charge in [-0.25, -0.2) is 0 Å². The molecular formula is C15H40O5Si5. The minimum absolute atomic E-state index is 0.357. The molecule has 0 radical (unpaired) electrons. The molecule has 0 aromatic rings. The molecule has 4 atom stereocenters. The smallest absolute Gasteiger partial charge is 0.298 e. The van der Waals surface area contributed by atoms with Gasteiger partial charge in [0.2, 0.25) is 0 Å². The summed E-state index contributed by atoms with van der Waals surface area (Å²) in [5.74, 6) is 0. The molecule has 1 heterocycles. The molecule has 0 spiro atoms. The molecule has 10 heteroatoms. The van der Waals surface area contributed by atoms with Crippen molar-refractivity contribution in [3.63, 3.8) is 0 Å². The van der Waals surface area contributed by atoms with E-state index in [0.717, 1.165) is 26.2 Å². The largest absolute Gasteiger partial charge is 0.441 e. The van der Waals surface area contributed by atoms with Crippen LogP contribution >= 0.6 is 0 Å². The summed E-state index contributed by atoms with van der Waals surface area (Å²) in [7, 11) is -7.86. The third-order valence-electron chi connectivity index (χ3n) is 4.56. The minimum Gasteiger partial charge on any atom is -0.441 e. The van der Waals surface area contributed by atoms with Gasteiger partial charge >= 0.3 is 0 Å². The highest BCUT2D eigenvalue weighted by Gasteiger charge is 2.44. The van der Waals surface area contributed by atoms with Gasteiger partial charge in [-0.3, -0.25) is 0 Å². The summed E-state index contributed by atoms with van der Waals surface area (Å²) in [4.78, 5) is 0. The third-order valence-corrected chi connectivity index (χ3v) is 31.0. The van der Waals surface area contributed by atoms with E-state index in [1.54, 1.807) is 0 Å². The summed E-state index contributed by atoms with van der Waals surface area (Å²) in [5.41, 5.74) is 0. The van der Waals surface area contributed by atoms with Crippen LogP contribution in [0.3, 0.4) is 0 Å². The van der Waals surface area contributed by atoms with Gasteiger partial charge in [0.15, 0.2) is 16.2 Å². The normalized spacial score (nSPS) is 23.2. The summed E-state index contributed by atoms with van der Waals surface area (Å²) in [6, 6.07) is 1.17. The molecule has 1 rings (SSSR count). The van der Waals surface area contributed by atoms with Gasteiger partial charge < -0.3 is 21.8 Å². The van der Waals surface area contributed by atoms with Crippen molar-refractivity contribution in [1.82, 2.24) is 0 Å². The van der Waals surface area contributed by atoms with E-state index < -0.39 is 42.3 Å². The van der Waals surface area contributed by atoms with Gasteiger partial charge in [-0.05, 0) is 51.7 Å². The first-order valence-electron chi connectivity index (χ1n) is 9.53. The van der Waals surface area contributed by atoms with Crippen molar-refractivity contribution in [2.45, 2.75) is 77.5 Å². The van der Waals surface area contributed by atoms with Crippen LogP contribution in [0.25, 0.3) is 0 Å². The summed E-state index contributed by atoms with van der Waals surface area (Å²) in [6.45, 7) is 23.2. The van der Waals surface area contributed by atoms with E-state index in [1.807, 2.05) is 0 Å². The number of ether oxygens (including phenoxy) is 2. The second-order valence-electron chi connectivity index (χ2n) is 9.23. The predicted molar refractivity (Wildman–Crippen MR) is 118 cm³/mol. The van der Waals surface area contributed by atoms with Gasteiger partial charge in [0.25, 0.3) is 18.6 Å².